The summed E-state index contributed by atoms with van der Waals surface area (Å²) in [7, 11) is 1.25. The zero-order valence-corrected chi connectivity index (χ0v) is 13.1. The monoisotopic (exact) mass is 308 g/mol. The van der Waals surface area contributed by atoms with Crippen LogP contribution in [0.3, 0.4) is 0 Å². The summed E-state index contributed by atoms with van der Waals surface area (Å²) in [5.41, 5.74) is -0.280. The molecular formula is C15H20N2O5. The van der Waals surface area contributed by atoms with E-state index in [1.165, 1.54) is 21.0 Å². The van der Waals surface area contributed by atoms with E-state index in [-0.39, 0.29) is 0 Å². The van der Waals surface area contributed by atoms with Crippen molar-refractivity contribution in [3.63, 3.8) is 0 Å². The molecule has 0 aliphatic rings. The van der Waals surface area contributed by atoms with Gasteiger partial charge >= 0.3 is 18.0 Å². The summed E-state index contributed by atoms with van der Waals surface area (Å²) >= 11 is 0. The molecule has 7 nitrogen and oxygen atoms in total. The predicted molar refractivity (Wildman–Crippen MR) is 80.6 cm³/mol. The highest BCUT2D eigenvalue weighted by Gasteiger charge is 2.30. The van der Waals surface area contributed by atoms with E-state index in [4.69, 9.17) is 4.74 Å². The first-order valence-electron chi connectivity index (χ1n) is 6.75. The van der Waals surface area contributed by atoms with Crippen molar-refractivity contribution in [3.05, 3.63) is 29.8 Å². The van der Waals surface area contributed by atoms with E-state index < -0.39 is 23.5 Å². The number of rotatable bonds is 5. The Hall–Kier alpha value is -2.57. The second-order valence-corrected chi connectivity index (χ2v) is 4.99. The molecule has 120 valence electrons. The van der Waals surface area contributed by atoms with Gasteiger partial charge in [-0.1, -0.05) is 0 Å². The molecule has 1 rings (SSSR count). The Morgan fingerprint density at radius 2 is 1.73 bits per heavy atom. The molecule has 0 saturated heterocycles. The van der Waals surface area contributed by atoms with E-state index in [0.717, 1.165) is 0 Å². The number of benzene rings is 1. The van der Waals surface area contributed by atoms with E-state index in [2.05, 4.69) is 15.4 Å². The van der Waals surface area contributed by atoms with Crippen LogP contribution in [0.15, 0.2) is 24.3 Å². The lowest BCUT2D eigenvalue weighted by atomic mass is 10.1. The lowest BCUT2D eigenvalue weighted by Gasteiger charge is -2.23. The smallest absolute Gasteiger partial charge is 0.338 e. The number of carbonyl (C=O) groups is 3. The van der Waals surface area contributed by atoms with Crippen LogP contribution in [0.4, 0.5) is 10.5 Å². The fourth-order valence-corrected chi connectivity index (χ4v) is 1.66. The molecule has 0 bridgehead atoms. The molecule has 0 spiro atoms. The summed E-state index contributed by atoms with van der Waals surface area (Å²) in [5.74, 6) is -0.981. The van der Waals surface area contributed by atoms with Crippen molar-refractivity contribution in [1.82, 2.24) is 5.32 Å². The standard InChI is InChI=1S/C15H20N2O5/c1-5-22-12(18)10-6-8-11(9-7-10)16-14(20)17-15(2,3)13(19)21-4/h6-9H,5H2,1-4H3,(H2,16,17,20). The molecule has 0 fully saturated rings. The molecule has 0 aliphatic heterocycles. The topological polar surface area (TPSA) is 93.7 Å². The second kappa shape index (κ2) is 7.44. The number of esters is 2. The van der Waals surface area contributed by atoms with Gasteiger partial charge in [-0.3, -0.25) is 0 Å². The summed E-state index contributed by atoms with van der Waals surface area (Å²) in [4.78, 5) is 34.8. The number of nitrogens with one attached hydrogen (secondary N) is 2. The SMILES string of the molecule is CCOC(=O)c1ccc(NC(=O)NC(C)(C)C(=O)OC)cc1. The third-order valence-corrected chi connectivity index (χ3v) is 2.78. The van der Waals surface area contributed by atoms with Gasteiger partial charge in [-0.15, -0.1) is 0 Å². The Kier molecular flexibility index (Phi) is 5.91. The third-order valence-electron chi connectivity index (χ3n) is 2.78. The summed E-state index contributed by atoms with van der Waals surface area (Å²) in [6, 6.07) is 5.66. The molecule has 1 aromatic carbocycles. The van der Waals surface area contributed by atoms with Crippen molar-refractivity contribution < 1.29 is 23.9 Å². The van der Waals surface area contributed by atoms with Crippen molar-refractivity contribution in [2.24, 2.45) is 0 Å². The molecule has 0 atom stereocenters. The van der Waals surface area contributed by atoms with E-state index in [1.807, 2.05) is 0 Å². The van der Waals surface area contributed by atoms with Gasteiger partial charge < -0.3 is 20.1 Å². The van der Waals surface area contributed by atoms with Gasteiger partial charge in [-0.05, 0) is 45.0 Å². The number of hydrogen-bond donors (Lipinski definition) is 2. The van der Waals surface area contributed by atoms with Crippen LogP contribution in [0, 0.1) is 0 Å². The minimum absolute atomic E-state index is 0.295. The maximum absolute atomic E-state index is 11.8. The highest BCUT2D eigenvalue weighted by atomic mass is 16.5. The van der Waals surface area contributed by atoms with E-state index in [1.54, 1.807) is 31.2 Å². The van der Waals surface area contributed by atoms with Gasteiger partial charge in [-0.25, -0.2) is 14.4 Å². The van der Waals surface area contributed by atoms with Gasteiger partial charge in [0.2, 0.25) is 0 Å². The minimum Gasteiger partial charge on any atom is -0.467 e. The molecule has 1 aromatic rings. The number of anilines is 1. The van der Waals surface area contributed by atoms with Crippen molar-refractivity contribution >= 4 is 23.7 Å². The fraction of sp³-hybridized carbons (Fsp3) is 0.400. The van der Waals surface area contributed by atoms with Crippen molar-refractivity contribution in [2.75, 3.05) is 19.0 Å². The number of urea groups is 1. The average molecular weight is 308 g/mol. The molecule has 7 heteroatoms. The van der Waals surface area contributed by atoms with Crippen LogP contribution in [0.25, 0.3) is 0 Å². The Balaban J connectivity index is 2.66. The summed E-state index contributed by atoms with van der Waals surface area (Å²) in [5, 5.41) is 5.06. The summed E-state index contributed by atoms with van der Waals surface area (Å²) in [6.07, 6.45) is 0. The fourth-order valence-electron chi connectivity index (χ4n) is 1.66. The number of hydrogen-bond acceptors (Lipinski definition) is 5. The first-order chi connectivity index (χ1) is 10.3. The molecule has 0 unspecified atom stereocenters. The molecule has 0 saturated carbocycles. The maximum atomic E-state index is 11.8. The van der Waals surface area contributed by atoms with Crippen molar-refractivity contribution in [3.8, 4) is 0 Å². The lowest BCUT2D eigenvalue weighted by molar-refractivity contribution is -0.146. The Bertz CT molecular complexity index is 552. The Morgan fingerprint density at radius 3 is 2.23 bits per heavy atom. The van der Waals surface area contributed by atoms with E-state index in [9.17, 15) is 14.4 Å². The van der Waals surface area contributed by atoms with Crippen LogP contribution in [0.1, 0.15) is 31.1 Å². The molecule has 0 aromatic heterocycles. The number of amides is 2. The maximum Gasteiger partial charge on any atom is 0.338 e. The number of carbonyl (C=O) groups excluding carboxylic acids is 3. The molecule has 0 radical (unpaired) electrons. The second-order valence-electron chi connectivity index (χ2n) is 4.99. The first-order valence-corrected chi connectivity index (χ1v) is 6.75. The molecule has 2 N–H and O–H groups in total. The van der Waals surface area contributed by atoms with Gasteiger partial charge in [0.05, 0.1) is 19.3 Å². The van der Waals surface area contributed by atoms with Gasteiger partial charge in [0, 0.05) is 5.69 Å². The van der Waals surface area contributed by atoms with Crippen LogP contribution in [0.5, 0.6) is 0 Å². The zero-order chi connectivity index (χ0) is 16.8. The minimum atomic E-state index is -1.15. The van der Waals surface area contributed by atoms with Crippen LogP contribution < -0.4 is 10.6 Å². The van der Waals surface area contributed by atoms with Crippen LogP contribution in [-0.4, -0.2) is 37.2 Å². The molecule has 0 aliphatic carbocycles. The third kappa shape index (κ3) is 4.76. The average Bonchev–Trinajstić information content (AvgIpc) is 2.46. The largest absolute Gasteiger partial charge is 0.467 e. The van der Waals surface area contributed by atoms with Crippen LogP contribution in [-0.2, 0) is 14.3 Å². The van der Waals surface area contributed by atoms with Crippen molar-refractivity contribution in [1.29, 1.82) is 0 Å². The van der Waals surface area contributed by atoms with Gasteiger partial charge in [0.25, 0.3) is 0 Å². The van der Waals surface area contributed by atoms with Crippen molar-refractivity contribution in [2.45, 2.75) is 26.3 Å². The van der Waals surface area contributed by atoms with Gasteiger partial charge in [0.15, 0.2) is 0 Å². The highest BCUT2D eigenvalue weighted by molar-refractivity contribution is 5.95. The molecule has 22 heavy (non-hydrogen) atoms. The Labute approximate surface area is 129 Å². The highest BCUT2D eigenvalue weighted by Crippen LogP contribution is 2.11. The quantitative estimate of drug-likeness (QED) is 0.811. The Morgan fingerprint density at radius 1 is 1.14 bits per heavy atom. The van der Waals surface area contributed by atoms with Crippen LogP contribution in [0.2, 0.25) is 0 Å². The van der Waals surface area contributed by atoms with Crippen LogP contribution >= 0.6 is 0 Å². The van der Waals surface area contributed by atoms with Gasteiger partial charge in [0.1, 0.15) is 5.54 Å². The number of ether oxygens (including phenoxy) is 2. The summed E-state index contributed by atoms with van der Waals surface area (Å²) < 4.78 is 9.46. The normalized spacial score (nSPS) is 10.5. The lowest BCUT2D eigenvalue weighted by Crippen LogP contribution is -2.51. The summed E-state index contributed by atoms with van der Waals surface area (Å²) in [6.45, 7) is 5.08. The first kappa shape index (κ1) is 17.5. The van der Waals surface area contributed by atoms with E-state index in [0.29, 0.717) is 17.9 Å². The predicted octanol–water partition coefficient (Wildman–Crippen LogP) is 1.94. The number of methoxy groups -OCH3 is 1. The van der Waals surface area contributed by atoms with E-state index >= 15 is 0 Å². The molecule has 0 heterocycles. The zero-order valence-electron chi connectivity index (χ0n) is 13.1. The molecule has 2 amide bonds. The van der Waals surface area contributed by atoms with Gasteiger partial charge in [-0.2, -0.15) is 0 Å². The molecular weight excluding hydrogens is 288 g/mol.